The van der Waals surface area contributed by atoms with Crippen LogP contribution in [0.25, 0.3) is 0 Å². The van der Waals surface area contributed by atoms with Crippen LogP contribution < -0.4 is 0 Å². The molecule has 1 saturated carbocycles. The molecule has 0 saturated heterocycles. The number of halogens is 1. The Morgan fingerprint density at radius 2 is 1.92 bits per heavy atom. The van der Waals surface area contributed by atoms with Crippen LogP contribution in [-0.4, -0.2) is 53.6 Å². The van der Waals surface area contributed by atoms with Gasteiger partial charge in [0.25, 0.3) is 0 Å². The third kappa shape index (κ3) is 8.36. The van der Waals surface area contributed by atoms with Gasteiger partial charge in [-0.3, -0.25) is 4.90 Å². The lowest BCUT2D eigenvalue weighted by Gasteiger charge is -2.39. The molecule has 1 fully saturated rings. The average molecular weight is 386 g/mol. The molecule has 1 aromatic carbocycles. The Bertz CT molecular complexity index is 497. The normalized spacial score (nSPS) is 23.5. The van der Waals surface area contributed by atoms with Crippen molar-refractivity contribution in [2.24, 2.45) is 11.3 Å². The second kappa shape index (κ2) is 11.3. The van der Waals surface area contributed by atoms with Crippen LogP contribution in [0, 0.1) is 11.3 Å². The van der Waals surface area contributed by atoms with E-state index >= 15 is 0 Å². The predicted molar refractivity (Wildman–Crippen MR) is 109 cm³/mol. The first-order valence-electron chi connectivity index (χ1n) is 9.55. The Kier molecular flexibility index (Phi) is 10.1. The zero-order valence-electron chi connectivity index (χ0n) is 16.4. The van der Waals surface area contributed by atoms with Crippen LogP contribution in [0.4, 0.5) is 0 Å². The Morgan fingerprint density at radius 1 is 1.23 bits per heavy atom. The van der Waals surface area contributed by atoms with Gasteiger partial charge in [-0.25, -0.2) is 0 Å². The molecule has 2 rings (SSSR count). The van der Waals surface area contributed by atoms with Gasteiger partial charge in [0.2, 0.25) is 0 Å². The summed E-state index contributed by atoms with van der Waals surface area (Å²) in [6.45, 7) is 9.15. The summed E-state index contributed by atoms with van der Waals surface area (Å²) in [5, 5.41) is 19.7. The molecule has 5 heteroatoms. The van der Waals surface area contributed by atoms with E-state index in [1.54, 1.807) is 0 Å². The fourth-order valence-electron chi connectivity index (χ4n) is 4.20. The van der Waals surface area contributed by atoms with Gasteiger partial charge in [0.1, 0.15) is 0 Å². The summed E-state index contributed by atoms with van der Waals surface area (Å²) in [6.07, 6.45) is 3.11. The van der Waals surface area contributed by atoms with Crippen molar-refractivity contribution in [1.29, 1.82) is 0 Å². The SMILES string of the molecule is CC1CC(OCC(O)CN(CCO)Cc2ccccc2)CC(C)(C)C1.Cl. The van der Waals surface area contributed by atoms with Gasteiger partial charge in [0.05, 0.1) is 25.4 Å². The third-order valence-corrected chi connectivity index (χ3v) is 5.01. The highest BCUT2D eigenvalue weighted by molar-refractivity contribution is 5.85. The first-order chi connectivity index (χ1) is 11.9. The van der Waals surface area contributed by atoms with E-state index in [1.807, 2.05) is 18.2 Å². The average Bonchev–Trinajstić information content (AvgIpc) is 2.52. The van der Waals surface area contributed by atoms with Gasteiger partial charge in [-0.05, 0) is 36.2 Å². The Labute approximate surface area is 165 Å². The molecule has 1 aliphatic rings. The summed E-state index contributed by atoms with van der Waals surface area (Å²) >= 11 is 0. The summed E-state index contributed by atoms with van der Waals surface area (Å²) in [4.78, 5) is 2.08. The molecule has 3 atom stereocenters. The molecule has 26 heavy (non-hydrogen) atoms. The maximum Gasteiger partial charge on any atom is 0.0900 e. The van der Waals surface area contributed by atoms with Crippen molar-refractivity contribution in [3.8, 4) is 0 Å². The van der Waals surface area contributed by atoms with Crippen LogP contribution in [0.2, 0.25) is 0 Å². The molecular weight excluding hydrogens is 350 g/mol. The number of nitrogens with zero attached hydrogens (tertiary/aromatic N) is 1. The number of benzene rings is 1. The summed E-state index contributed by atoms with van der Waals surface area (Å²) < 4.78 is 6.04. The van der Waals surface area contributed by atoms with Crippen molar-refractivity contribution in [1.82, 2.24) is 4.90 Å². The quantitative estimate of drug-likeness (QED) is 0.683. The number of hydrogen-bond donors (Lipinski definition) is 2. The van der Waals surface area contributed by atoms with Crippen LogP contribution in [0.1, 0.15) is 45.6 Å². The molecular formula is C21H36ClNO3. The number of aliphatic hydroxyl groups excluding tert-OH is 2. The van der Waals surface area contributed by atoms with Crippen LogP contribution in [0.5, 0.6) is 0 Å². The monoisotopic (exact) mass is 385 g/mol. The van der Waals surface area contributed by atoms with Crippen LogP contribution in [-0.2, 0) is 11.3 Å². The smallest absolute Gasteiger partial charge is 0.0900 e. The van der Waals surface area contributed by atoms with Crippen LogP contribution >= 0.6 is 12.4 Å². The first-order valence-corrected chi connectivity index (χ1v) is 9.55. The van der Waals surface area contributed by atoms with Gasteiger partial charge < -0.3 is 14.9 Å². The van der Waals surface area contributed by atoms with E-state index < -0.39 is 6.10 Å². The molecule has 0 amide bonds. The lowest BCUT2D eigenvalue weighted by molar-refractivity contribution is -0.0623. The van der Waals surface area contributed by atoms with Gasteiger partial charge in [0, 0.05) is 19.6 Å². The molecule has 0 bridgehead atoms. The van der Waals surface area contributed by atoms with E-state index in [0.29, 0.717) is 31.0 Å². The Morgan fingerprint density at radius 3 is 2.54 bits per heavy atom. The molecule has 1 aliphatic carbocycles. The molecule has 0 spiro atoms. The van der Waals surface area contributed by atoms with Crippen molar-refractivity contribution in [3.05, 3.63) is 35.9 Å². The Hall–Kier alpha value is -0.650. The van der Waals surface area contributed by atoms with E-state index in [0.717, 1.165) is 19.4 Å². The minimum atomic E-state index is -0.532. The maximum absolute atomic E-state index is 10.4. The fraction of sp³-hybridized carbons (Fsp3) is 0.714. The fourth-order valence-corrected chi connectivity index (χ4v) is 4.20. The lowest BCUT2D eigenvalue weighted by atomic mass is 9.71. The molecule has 0 aliphatic heterocycles. The predicted octanol–water partition coefficient (Wildman–Crippen LogP) is 3.50. The highest BCUT2D eigenvalue weighted by Gasteiger charge is 2.32. The molecule has 0 radical (unpaired) electrons. The number of rotatable bonds is 9. The van der Waals surface area contributed by atoms with Crippen LogP contribution in [0.15, 0.2) is 30.3 Å². The molecule has 3 unspecified atom stereocenters. The minimum Gasteiger partial charge on any atom is -0.395 e. The van der Waals surface area contributed by atoms with E-state index in [-0.39, 0.29) is 25.1 Å². The molecule has 1 aromatic rings. The summed E-state index contributed by atoms with van der Waals surface area (Å²) in [5.41, 5.74) is 1.51. The second-order valence-electron chi connectivity index (χ2n) is 8.47. The number of aliphatic hydroxyl groups is 2. The highest BCUT2D eigenvalue weighted by Crippen LogP contribution is 2.39. The van der Waals surface area contributed by atoms with Gasteiger partial charge in [-0.1, -0.05) is 51.1 Å². The number of hydrogen-bond acceptors (Lipinski definition) is 4. The molecule has 0 heterocycles. The number of ether oxygens (including phenoxy) is 1. The van der Waals surface area contributed by atoms with Gasteiger partial charge >= 0.3 is 0 Å². The van der Waals surface area contributed by atoms with Crippen molar-refractivity contribution >= 4 is 12.4 Å². The van der Waals surface area contributed by atoms with Crippen molar-refractivity contribution < 1.29 is 14.9 Å². The largest absolute Gasteiger partial charge is 0.395 e. The second-order valence-corrected chi connectivity index (χ2v) is 8.47. The molecule has 0 aromatic heterocycles. The summed E-state index contributed by atoms with van der Waals surface area (Å²) in [5.74, 6) is 0.676. The summed E-state index contributed by atoms with van der Waals surface area (Å²) in [7, 11) is 0. The standard InChI is InChI=1S/C21H35NO3.ClH/c1-17-11-20(13-21(2,3)12-17)25-16-19(24)15-22(9-10-23)14-18-7-5-4-6-8-18;/h4-8,17,19-20,23-24H,9-16H2,1-3H3;1H. The highest BCUT2D eigenvalue weighted by atomic mass is 35.5. The zero-order valence-corrected chi connectivity index (χ0v) is 17.3. The van der Waals surface area contributed by atoms with E-state index in [9.17, 15) is 10.2 Å². The van der Waals surface area contributed by atoms with Crippen LogP contribution in [0.3, 0.4) is 0 Å². The van der Waals surface area contributed by atoms with Gasteiger partial charge in [-0.15, -0.1) is 12.4 Å². The topological polar surface area (TPSA) is 52.9 Å². The Balaban J connectivity index is 0.00000338. The lowest BCUT2D eigenvalue weighted by Crippen LogP contribution is -2.39. The van der Waals surface area contributed by atoms with E-state index in [2.05, 4.69) is 37.8 Å². The molecule has 150 valence electrons. The van der Waals surface area contributed by atoms with E-state index in [1.165, 1.54) is 12.0 Å². The molecule has 2 N–H and O–H groups in total. The molecule has 4 nitrogen and oxygen atoms in total. The third-order valence-electron chi connectivity index (χ3n) is 5.01. The van der Waals surface area contributed by atoms with E-state index in [4.69, 9.17) is 4.74 Å². The zero-order chi connectivity index (χ0) is 18.3. The van der Waals surface area contributed by atoms with Gasteiger partial charge in [0.15, 0.2) is 0 Å². The van der Waals surface area contributed by atoms with Crippen molar-refractivity contribution in [2.75, 3.05) is 26.3 Å². The summed E-state index contributed by atoms with van der Waals surface area (Å²) in [6, 6.07) is 10.2. The minimum absolute atomic E-state index is 0. The van der Waals surface area contributed by atoms with Crippen molar-refractivity contribution in [3.63, 3.8) is 0 Å². The van der Waals surface area contributed by atoms with Gasteiger partial charge in [-0.2, -0.15) is 0 Å². The first kappa shape index (κ1) is 23.4. The van der Waals surface area contributed by atoms with Crippen molar-refractivity contribution in [2.45, 2.75) is 58.8 Å². The maximum atomic E-state index is 10.4.